The molecule has 0 aromatic heterocycles. The molecule has 0 amide bonds. The van der Waals surface area contributed by atoms with E-state index >= 15 is 0 Å². The quantitative estimate of drug-likeness (QED) is 0.747. The van der Waals surface area contributed by atoms with Crippen LogP contribution in [0.4, 0.5) is 5.69 Å². The lowest BCUT2D eigenvalue weighted by Gasteiger charge is -2.19. The maximum absolute atomic E-state index is 12.0. The Morgan fingerprint density at radius 3 is 2.22 bits per heavy atom. The molecule has 3 aromatic rings. The van der Waals surface area contributed by atoms with Gasteiger partial charge in [-0.15, -0.1) is 0 Å². The molecule has 0 bridgehead atoms. The molecule has 3 nitrogen and oxygen atoms in total. The fourth-order valence-electron chi connectivity index (χ4n) is 2.74. The third-order valence-corrected chi connectivity index (χ3v) is 4.37. The summed E-state index contributed by atoms with van der Waals surface area (Å²) < 4.78 is 0. The average molecular weight is 305 g/mol. The molecule has 116 valence electrons. The van der Waals surface area contributed by atoms with Crippen LogP contribution in [-0.4, -0.2) is 0 Å². The lowest BCUT2D eigenvalue weighted by molar-refractivity contribution is 0.880. The first-order valence-electron chi connectivity index (χ1n) is 7.71. The van der Waals surface area contributed by atoms with Crippen molar-refractivity contribution in [3.8, 4) is 11.1 Å². The monoisotopic (exact) mass is 305 g/mol. The summed E-state index contributed by atoms with van der Waals surface area (Å²) in [5.41, 5.74) is 4.25. The van der Waals surface area contributed by atoms with Gasteiger partial charge in [-0.05, 0) is 43.0 Å². The molecule has 3 heteroatoms. The standard InChI is InChI=1S/C20H19NO2/c1-12-9-10-16(11-13(12)2)17-18(20(23)19(17)22)21-14(3)15-7-5-4-6-8-15/h4-11,14,21H,1-3H3/t14-/m1/s1. The van der Waals surface area contributed by atoms with E-state index in [0.29, 0.717) is 11.3 Å². The van der Waals surface area contributed by atoms with E-state index in [9.17, 15) is 9.59 Å². The van der Waals surface area contributed by atoms with Crippen molar-refractivity contribution in [2.75, 3.05) is 5.32 Å². The minimum atomic E-state index is -0.430. The maximum Gasteiger partial charge on any atom is 0.250 e. The molecule has 3 rings (SSSR count). The smallest absolute Gasteiger partial charge is 0.250 e. The van der Waals surface area contributed by atoms with Gasteiger partial charge in [0, 0.05) is 6.04 Å². The topological polar surface area (TPSA) is 46.2 Å². The lowest BCUT2D eigenvalue weighted by Crippen LogP contribution is -2.36. The Labute approximate surface area is 135 Å². The third kappa shape index (κ3) is 2.70. The largest absolute Gasteiger partial charge is 0.375 e. The fourth-order valence-corrected chi connectivity index (χ4v) is 2.74. The van der Waals surface area contributed by atoms with E-state index in [1.54, 1.807) is 0 Å². The number of hydrogen-bond acceptors (Lipinski definition) is 3. The van der Waals surface area contributed by atoms with Crippen molar-refractivity contribution < 1.29 is 0 Å². The summed E-state index contributed by atoms with van der Waals surface area (Å²) in [7, 11) is 0. The molecule has 0 saturated heterocycles. The Morgan fingerprint density at radius 2 is 1.57 bits per heavy atom. The number of nitrogens with one attached hydrogen (secondary N) is 1. The van der Waals surface area contributed by atoms with Crippen LogP contribution in [-0.2, 0) is 0 Å². The summed E-state index contributed by atoms with van der Waals surface area (Å²) in [6, 6.07) is 15.7. The Balaban J connectivity index is 1.96. The van der Waals surface area contributed by atoms with Crippen LogP contribution in [0, 0.1) is 13.8 Å². The SMILES string of the molecule is Cc1ccc(-c2c(N[C@H](C)c3ccccc3)c(=O)c2=O)cc1C. The Morgan fingerprint density at radius 1 is 0.870 bits per heavy atom. The van der Waals surface area contributed by atoms with Crippen LogP contribution < -0.4 is 16.2 Å². The summed E-state index contributed by atoms with van der Waals surface area (Å²) in [6.45, 7) is 6.01. The second-order valence-corrected chi connectivity index (χ2v) is 5.98. The number of benzene rings is 2. The third-order valence-electron chi connectivity index (χ3n) is 4.37. The molecule has 0 aliphatic rings. The summed E-state index contributed by atoms with van der Waals surface area (Å²) in [5, 5.41) is 3.20. The highest BCUT2D eigenvalue weighted by Crippen LogP contribution is 2.28. The van der Waals surface area contributed by atoms with Gasteiger partial charge in [0.25, 0.3) is 0 Å². The van der Waals surface area contributed by atoms with Crippen molar-refractivity contribution in [1.29, 1.82) is 0 Å². The van der Waals surface area contributed by atoms with Gasteiger partial charge in [-0.2, -0.15) is 0 Å². The predicted octanol–water partition coefficient (Wildman–Crippen LogP) is 3.74. The van der Waals surface area contributed by atoms with Gasteiger partial charge in [0.05, 0.1) is 11.3 Å². The molecule has 1 N–H and O–H groups in total. The van der Waals surface area contributed by atoms with Crippen LogP contribution >= 0.6 is 0 Å². The van der Waals surface area contributed by atoms with E-state index < -0.39 is 10.9 Å². The molecule has 1 atom stereocenters. The molecule has 0 fully saturated rings. The van der Waals surface area contributed by atoms with E-state index in [4.69, 9.17) is 0 Å². The van der Waals surface area contributed by atoms with Gasteiger partial charge in [0.15, 0.2) is 0 Å². The van der Waals surface area contributed by atoms with E-state index in [0.717, 1.165) is 16.7 Å². The van der Waals surface area contributed by atoms with Crippen molar-refractivity contribution >= 4 is 5.69 Å². The lowest BCUT2D eigenvalue weighted by atomic mass is 9.95. The van der Waals surface area contributed by atoms with Crippen molar-refractivity contribution in [2.45, 2.75) is 26.8 Å². The van der Waals surface area contributed by atoms with Crippen LogP contribution in [0.2, 0.25) is 0 Å². The van der Waals surface area contributed by atoms with E-state index in [-0.39, 0.29) is 6.04 Å². The van der Waals surface area contributed by atoms with Crippen LogP contribution in [0.15, 0.2) is 58.1 Å². The van der Waals surface area contributed by atoms with Gasteiger partial charge in [-0.1, -0.05) is 48.5 Å². The zero-order valence-electron chi connectivity index (χ0n) is 13.5. The summed E-state index contributed by atoms with van der Waals surface area (Å²) in [5.74, 6) is 0. The molecule has 3 aromatic carbocycles. The second kappa shape index (κ2) is 5.84. The van der Waals surface area contributed by atoms with E-state index in [2.05, 4.69) is 5.32 Å². The van der Waals surface area contributed by atoms with Crippen LogP contribution in [0.25, 0.3) is 11.1 Å². The first-order valence-corrected chi connectivity index (χ1v) is 7.71. The summed E-state index contributed by atoms with van der Waals surface area (Å²) in [4.78, 5) is 24.0. The minimum Gasteiger partial charge on any atom is -0.375 e. The maximum atomic E-state index is 12.0. The van der Waals surface area contributed by atoms with Crippen LogP contribution in [0.5, 0.6) is 0 Å². The van der Waals surface area contributed by atoms with Gasteiger partial charge in [-0.25, -0.2) is 0 Å². The van der Waals surface area contributed by atoms with Crippen molar-refractivity contribution in [2.24, 2.45) is 0 Å². The Kier molecular flexibility index (Phi) is 3.87. The molecule has 23 heavy (non-hydrogen) atoms. The molecule has 0 heterocycles. The van der Waals surface area contributed by atoms with Crippen LogP contribution in [0.3, 0.4) is 0 Å². The fraction of sp³-hybridized carbons (Fsp3) is 0.200. The van der Waals surface area contributed by atoms with Gasteiger partial charge >= 0.3 is 0 Å². The molecule has 0 saturated carbocycles. The highest BCUT2D eigenvalue weighted by atomic mass is 16.2. The first kappa shape index (κ1) is 15.2. The van der Waals surface area contributed by atoms with Crippen molar-refractivity contribution in [1.82, 2.24) is 0 Å². The van der Waals surface area contributed by atoms with Crippen molar-refractivity contribution in [3.63, 3.8) is 0 Å². The molecule has 0 aliphatic carbocycles. The number of rotatable bonds is 4. The minimum absolute atomic E-state index is 0.0372. The predicted molar refractivity (Wildman–Crippen MR) is 94.7 cm³/mol. The second-order valence-electron chi connectivity index (χ2n) is 5.98. The van der Waals surface area contributed by atoms with E-state index in [1.807, 2.05) is 69.3 Å². The molecular weight excluding hydrogens is 286 g/mol. The zero-order chi connectivity index (χ0) is 16.6. The first-order chi connectivity index (χ1) is 11.0. The van der Waals surface area contributed by atoms with Gasteiger partial charge < -0.3 is 5.32 Å². The van der Waals surface area contributed by atoms with Gasteiger partial charge in [-0.3, -0.25) is 9.59 Å². The highest BCUT2D eigenvalue weighted by Gasteiger charge is 2.23. The summed E-state index contributed by atoms with van der Waals surface area (Å²) >= 11 is 0. The van der Waals surface area contributed by atoms with Gasteiger partial charge in [0.1, 0.15) is 0 Å². The van der Waals surface area contributed by atoms with Crippen LogP contribution in [0.1, 0.15) is 29.7 Å². The molecule has 0 spiro atoms. The number of hydrogen-bond donors (Lipinski definition) is 1. The average Bonchev–Trinajstić information content (AvgIpc) is 2.57. The normalized spacial score (nSPS) is 12.3. The number of anilines is 1. The number of aryl methyl sites for hydroxylation is 2. The Bertz CT molecular complexity index is 919. The van der Waals surface area contributed by atoms with Crippen molar-refractivity contribution in [3.05, 3.63) is 85.7 Å². The van der Waals surface area contributed by atoms with E-state index in [1.165, 1.54) is 5.56 Å². The molecule has 0 radical (unpaired) electrons. The van der Waals surface area contributed by atoms with Gasteiger partial charge in [0.2, 0.25) is 10.9 Å². The molecule has 0 aliphatic heterocycles. The summed E-state index contributed by atoms with van der Waals surface area (Å²) in [6.07, 6.45) is 0. The zero-order valence-corrected chi connectivity index (χ0v) is 13.5. The molecule has 0 unspecified atom stereocenters. The highest BCUT2D eigenvalue weighted by molar-refractivity contribution is 5.82. The molecular formula is C20H19NO2. The Hall–Kier alpha value is -2.68.